The zero-order valence-electron chi connectivity index (χ0n) is 14.3. The van der Waals surface area contributed by atoms with Gasteiger partial charge in [-0.05, 0) is 31.2 Å². The third-order valence-electron chi connectivity index (χ3n) is 3.45. The van der Waals surface area contributed by atoms with Crippen LogP contribution in [-0.2, 0) is 14.6 Å². The molecule has 140 valence electrons. The molecule has 0 spiro atoms. The number of nitrogens with one attached hydrogen (secondary N) is 3. The van der Waals surface area contributed by atoms with Gasteiger partial charge in [-0.25, -0.2) is 13.2 Å². The van der Waals surface area contributed by atoms with Crippen molar-refractivity contribution in [3.63, 3.8) is 0 Å². The van der Waals surface area contributed by atoms with Gasteiger partial charge >= 0.3 is 6.03 Å². The Labute approximate surface area is 151 Å². The lowest BCUT2D eigenvalue weighted by molar-refractivity contribution is -0.118. The number of sulfone groups is 1. The maximum atomic E-state index is 12.2. The zero-order chi connectivity index (χ0) is 19.5. The topological polar surface area (TPSA) is 140 Å². The summed E-state index contributed by atoms with van der Waals surface area (Å²) in [4.78, 5) is 23.8. The van der Waals surface area contributed by atoms with E-state index < -0.39 is 27.8 Å². The van der Waals surface area contributed by atoms with Crippen molar-refractivity contribution in [2.75, 3.05) is 12.9 Å². The lowest BCUT2D eigenvalue weighted by atomic mass is 10.2. The van der Waals surface area contributed by atoms with Gasteiger partial charge in [-0.15, -0.1) is 0 Å². The van der Waals surface area contributed by atoms with Gasteiger partial charge in [-0.1, -0.05) is 6.58 Å². The molecular weight excluding hydrogens is 360 g/mol. The van der Waals surface area contributed by atoms with Crippen LogP contribution in [0.2, 0.25) is 0 Å². The van der Waals surface area contributed by atoms with Gasteiger partial charge in [0.15, 0.2) is 9.84 Å². The Morgan fingerprint density at radius 3 is 2.50 bits per heavy atom. The van der Waals surface area contributed by atoms with Crippen molar-refractivity contribution in [2.24, 2.45) is 5.73 Å². The van der Waals surface area contributed by atoms with E-state index in [4.69, 9.17) is 10.5 Å². The molecule has 1 aliphatic rings. The number of hydrogen-bond acceptors (Lipinski definition) is 6. The number of rotatable bonds is 6. The van der Waals surface area contributed by atoms with Crippen molar-refractivity contribution in [1.82, 2.24) is 16.0 Å². The molecule has 0 saturated heterocycles. The van der Waals surface area contributed by atoms with Gasteiger partial charge < -0.3 is 26.4 Å². The van der Waals surface area contributed by atoms with Crippen LogP contribution in [0.15, 0.2) is 52.8 Å². The van der Waals surface area contributed by atoms with Crippen molar-refractivity contribution in [1.29, 1.82) is 0 Å². The minimum Gasteiger partial charge on any atom is -0.491 e. The fraction of sp³-hybridized carbons (Fsp3) is 0.250. The summed E-state index contributed by atoms with van der Waals surface area (Å²) in [5, 5.41) is 7.33. The van der Waals surface area contributed by atoms with E-state index >= 15 is 0 Å². The largest absolute Gasteiger partial charge is 0.491 e. The lowest BCUT2D eigenvalue weighted by Gasteiger charge is -2.22. The van der Waals surface area contributed by atoms with E-state index in [0.717, 1.165) is 6.26 Å². The summed E-state index contributed by atoms with van der Waals surface area (Å²) in [5.41, 5.74) is 5.85. The highest BCUT2D eigenvalue weighted by atomic mass is 32.2. The van der Waals surface area contributed by atoms with Crippen molar-refractivity contribution < 1.29 is 22.7 Å². The van der Waals surface area contributed by atoms with Crippen molar-refractivity contribution in [3.8, 4) is 5.75 Å². The minimum atomic E-state index is -3.27. The van der Waals surface area contributed by atoms with Gasteiger partial charge in [0.25, 0.3) is 5.91 Å². The number of urea groups is 1. The van der Waals surface area contributed by atoms with Gasteiger partial charge in [-0.2, -0.15) is 0 Å². The number of nitrogens with two attached hydrogens (primary N) is 1. The summed E-state index contributed by atoms with van der Waals surface area (Å²) in [7, 11) is -3.27. The average molecular weight is 380 g/mol. The average Bonchev–Trinajstić information content (AvgIpc) is 2.55. The van der Waals surface area contributed by atoms with Crippen molar-refractivity contribution >= 4 is 21.8 Å². The monoisotopic (exact) mass is 380 g/mol. The molecule has 10 heteroatoms. The van der Waals surface area contributed by atoms with E-state index in [1.54, 1.807) is 6.92 Å². The maximum Gasteiger partial charge on any atom is 0.323 e. The van der Waals surface area contributed by atoms with Crippen LogP contribution < -0.4 is 26.4 Å². The second-order valence-corrected chi connectivity index (χ2v) is 7.79. The first-order valence-corrected chi connectivity index (χ1v) is 9.48. The van der Waals surface area contributed by atoms with Gasteiger partial charge in [0, 0.05) is 6.26 Å². The minimum absolute atomic E-state index is 0.0478. The third kappa shape index (κ3) is 4.76. The molecule has 1 aliphatic heterocycles. The molecule has 2 rings (SSSR count). The van der Waals surface area contributed by atoms with E-state index in [9.17, 15) is 18.0 Å². The molecular formula is C16H20N4O5S. The first-order chi connectivity index (χ1) is 12.1. The Kier molecular flexibility index (Phi) is 5.56. The second kappa shape index (κ2) is 7.48. The summed E-state index contributed by atoms with van der Waals surface area (Å²) in [6.07, 6.45) is 1.12. The van der Waals surface area contributed by atoms with Crippen LogP contribution in [0.5, 0.6) is 5.75 Å². The third-order valence-corrected chi connectivity index (χ3v) is 4.58. The van der Waals surface area contributed by atoms with Crippen LogP contribution in [0.4, 0.5) is 4.79 Å². The maximum absolute atomic E-state index is 12.2. The van der Waals surface area contributed by atoms with Crippen LogP contribution in [0.1, 0.15) is 6.92 Å². The number of hydrogen-bond donors (Lipinski definition) is 4. The number of carbonyl (C=O) groups is 2. The van der Waals surface area contributed by atoms with E-state index in [-0.39, 0.29) is 28.6 Å². The molecule has 0 fully saturated rings. The van der Waals surface area contributed by atoms with E-state index in [0.29, 0.717) is 5.75 Å². The normalized spacial score (nSPS) is 15.8. The smallest absolute Gasteiger partial charge is 0.323 e. The predicted octanol–water partition coefficient (Wildman–Crippen LogP) is -0.0296. The molecule has 3 amide bonds. The standard InChI is InChI=1S/C16H20N4O5S/c1-9(8-25-11-4-6-12(7-5-11)26(3,23)24)18-15(21)14-13(17)10(2)19-16(22)20-14/h4-7,9H,2,8,17H2,1,3H3,(H,18,21)(H2,19,20,22)/t9-/m1/s1. The molecule has 1 aromatic rings. The highest BCUT2D eigenvalue weighted by Crippen LogP contribution is 2.16. The quantitative estimate of drug-likeness (QED) is 0.546. The second-order valence-electron chi connectivity index (χ2n) is 5.78. The first-order valence-electron chi connectivity index (χ1n) is 7.58. The Morgan fingerprint density at radius 2 is 1.92 bits per heavy atom. The van der Waals surface area contributed by atoms with E-state index in [1.807, 2.05) is 0 Å². The van der Waals surface area contributed by atoms with Crippen molar-refractivity contribution in [3.05, 3.63) is 47.9 Å². The molecule has 5 N–H and O–H groups in total. The molecule has 0 aliphatic carbocycles. The molecule has 9 nitrogen and oxygen atoms in total. The molecule has 1 aromatic carbocycles. The summed E-state index contributed by atoms with van der Waals surface area (Å²) in [6, 6.07) is 4.94. The molecule has 0 radical (unpaired) electrons. The highest BCUT2D eigenvalue weighted by Gasteiger charge is 2.24. The fourth-order valence-corrected chi connectivity index (χ4v) is 2.72. The molecule has 0 unspecified atom stereocenters. The van der Waals surface area contributed by atoms with E-state index in [1.165, 1.54) is 24.3 Å². The van der Waals surface area contributed by atoms with E-state index in [2.05, 4.69) is 22.5 Å². The SMILES string of the molecule is C=C1NC(=O)NC(C(=O)N[C@H](C)COc2ccc(S(C)(=O)=O)cc2)=C1N. The van der Waals surface area contributed by atoms with Crippen LogP contribution in [-0.4, -0.2) is 39.3 Å². The highest BCUT2D eigenvalue weighted by molar-refractivity contribution is 7.90. The molecule has 1 heterocycles. The van der Waals surface area contributed by atoms with Crippen LogP contribution >= 0.6 is 0 Å². The first kappa shape index (κ1) is 19.3. The van der Waals surface area contributed by atoms with Crippen molar-refractivity contribution in [2.45, 2.75) is 17.9 Å². The molecule has 0 saturated carbocycles. The summed E-state index contributed by atoms with van der Waals surface area (Å²) in [6.45, 7) is 5.39. The van der Waals surface area contributed by atoms with Gasteiger partial charge in [0.05, 0.1) is 22.3 Å². The Balaban J connectivity index is 1.93. The van der Waals surface area contributed by atoms with Gasteiger partial charge in [-0.3, -0.25) is 4.79 Å². The van der Waals surface area contributed by atoms with Gasteiger partial charge in [0.2, 0.25) is 0 Å². The summed E-state index contributed by atoms with van der Waals surface area (Å²) < 4.78 is 28.3. The number of amides is 3. The zero-order valence-corrected chi connectivity index (χ0v) is 15.1. The Morgan fingerprint density at radius 1 is 1.31 bits per heavy atom. The van der Waals surface area contributed by atoms with Crippen LogP contribution in [0, 0.1) is 0 Å². The summed E-state index contributed by atoms with van der Waals surface area (Å²) >= 11 is 0. The number of ether oxygens (including phenoxy) is 1. The number of benzene rings is 1. The molecule has 1 atom stereocenters. The van der Waals surface area contributed by atoms with Crippen LogP contribution in [0.3, 0.4) is 0 Å². The fourth-order valence-electron chi connectivity index (χ4n) is 2.09. The van der Waals surface area contributed by atoms with Gasteiger partial charge in [0.1, 0.15) is 18.1 Å². The Hall–Kier alpha value is -3.01. The van der Waals surface area contributed by atoms with Crippen LogP contribution in [0.25, 0.3) is 0 Å². The lowest BCUT2D eigenvalue weighted by Crippen LogP contribution is -2.49. The molecule has 26 heavy (non-hydrogen) atoms. The predicted molar refractivity (Wildman–Crippen MR) is 94.7 cm³/mol. The molecule has 0 bridgehead atoms. The molecule has 0 aromatic heterocycles. The summed E-state index contributed by atoms with van der Waals surface area (Å²) in [5.74, 6) is -0.109. The Bertz CT molecular complexity index is 874. The number of carbonyl (C=O) groups excluding carboxylic acids is 2.